The molecule has 0 unspecified atom stereocenters. The lowest BCUT2D eigenvalue weighted by Crippen LogP contribution is -2.09. The summed E-state index contributed by atoms with van der Waals surface area (Å²) in [5.74, 6) is 1.06. The van der Waals surface area contributed by atoms with Gasteiger partial charge in [-0.05, 0) is 13.8 Å². The second-order valence-corrected chi connectivity index (χ2v) is 4.08. The third-order valence-electron chi connectivity index (χ3n) is 2.84. The first-order valence-corrected chi connectivity index (χ1v) is 5.65. The molecule has 0 radical (unpaired) electrons. The van der Waals surface area contributed by atoms with Crippen molar-refractivity contribution >= 4 is 5.78 Å². The van der Waals surface area contributed by atoms with Crippen LogP contribution in [0.2, 0.25) is 0 Å². The molecule has 2 aromatic rings. The van der Waals surface area contributed by atoms with Gasteiger partial charge in [0.1, 0.15) is 5.75 Å². The Bertz CT molecular complexity index is 562. The van der Waals surface area contributed by atoms with Crippen LogP contribution in [0.3, 0.4) is 0 Å². The number of aryl methyl sites for hydroxylation is 1. The summed E-state index contributed by atoms with van der Waals surface area (Å²) in [6.07, 6.45) is 5.12. The molecule has 2 heterocycles. The van der Waals surface area contributed by atoms with Gasteiger partial charge in [0.15, 0.2) is 5.82 Å². The lowest BCUT2D eigenvalue weighted by Gasteiger charge is -2.11. The number of imidazole rings is 1. The third-order valence-corrected chi connectivity index (χ3v) is 2.84. The number of ketones is 1. The molecule has 5 heteroatoms. The van der Waals surface area contributed by atoms with Crippen molar-refractivity contribution in [1.82, 2.24) is 15.0 Å². The number of rotatable bonds is 4. The number of carbonyl (C=O) groups is 1. The van der Waals surface area contributed by atoms with Gasteiger partial charge < -0.3 is 9.72 Å². The Morgan fingerprint density at radius 1 is 1.39 bits per heavy atom. The van der Waals surface area contributed by atoms with Crippen molar-refractivity contribution in [1.29, 1.82) is 0 Å². The normalized spacial score (nSPS) is 10.4. The average Bonchev–Trinajstić information content (AvgIpc) is 2.87. The quantitative estimate of drug-likeness (QED) is 0.835. The van der Waals surface area contributed by atoms with Crippen molar-refractivity contribution in [2.45, 2.75) is 20.3 Å². The fourth-order valence-corrected chi connectivity index (χ4v) is 1.90. The first-order chi connectivity index (χ1) is 8.63. The molecule has 0 spiro atoms. The zero-order valence-corrected chi connectivity index (χ0v) is 10.7. The van der Waals surface area contributed by atoms with Gasteiger partial charge in [-0.3, -0.25) is 9.78 Å². The molecular weight excluding hydrogens is 230 g/mol. The van der Waals surface area contributed by atoms with E-state index in [0.717, 1.165) is 22.6 Å². The van der Waals surface area contributed by atoms with Crippen LogP contribution in [0.1, 0.15) is 27.4 Å². The van der Waals surface area contributed by atoms with E-state index in [1.807, 2.05) is 13.8 Å². The van der Waals surface area contributed by atoms with Gasteiger partial charge in [-0.15, -0.1) is 0 Å². The maximum absolute atomic E-state index is 11.9. The number of nitrogens with zero attached hydrogens (tertiary/aromatic N) is 2. The Hall–Kier alpha value is -2.17. The molecule has 94 valence electrons. The molecule has 0 atom stereocenters. The highest BCUT2D eigenvalue weighted by Crippen LogP contribution is 2.24. The highest BCUT2D eigenvalue weighted by Gasteiger charge is 2.15. The number of methoxy groups -OCH3 is 1. The summed E-state index contributed by atoms with van der Waals surface area (Å²) in [5.41, 5.74) is 2.58. The van der Waals surface area contributed by atoms with E-state index in [9.17, 15) is 4.79 Å². The summed E-state index contributed by atoms with van der Waals surface area (Å²) in [4.78, 5) is 23.0. The molecule has 0 saturated heterocycles. The van der Waals surface area contributed by atoms with E-state index in [2.05, 4.69) is 15.0 Å². The fourth-order valence-electron chi connectivity index (χ4n) is 1.90. The summed E-state index contributed by atoms with van der Waals surface area (Å²) in [6, 6.07) is 0. The van der Waals surface area contributed by atoms with Gasteiger partial charge in [0.05, 0.1) is 19.2 Å². The highest BCUT2D eigenvalue weighted by atomic mass is 16.5. The molecule has 5 nitrogen and oxygen atoms in total. The Morgan fingerprint density at radius 3 is 2.78 bits per heavy atom. The van der Waals surface area contributed by atoms with Crippen LogP contribution in [0.15, 0.2) is 18.6 Å². The lowest BCUT2D eigenvalue weighted by molar-refractivity contribution is 0.0982. The van der Waals surface area contributed by atoms with Crippen LogP contribution in [-0.4, -0.2) is 27.8 Å². The fraction of sp³-hybridized carbons (Fsp3) is 0.308. The predicted octanol–water partition coefficient (Wildman–Crippen LogP) is 1.86. The first-order valence-electron chi connectivity index (χ1n) is 5.65. The molecule has 0 aliphatic heterocycles. The Morgan fingerprint density at radius 2 is 2.17 bits per heavy atom. The topological polar surface area (TPSA) is 67.9 Å². The van der Waals surface area contributed by atoms with Crippen LogP contribution < -0.4 is 4.74 Å². The number of pyridine rings is 1. The number of carbonyl (C=O) groups excluding carboxylic acids is 1. The number of aromatic amines is 1. The summed E-state index contributed by atoms with van der Waals surface area (Å²) < 4.78 is 5.31. The van der Waals surface area contributed by atoms with E-state index < -0.39 is 0 Å². The minimum atomic E-state index is -0.0819. The van der Waals surface area contributed by atoms with Gasteiger partial charge in [-0.1, -0.05) is 0 Å². The van der Waals surface area contributed by atoms with Crippen molar-refractivity contribution in [3.63, 3.8) is 0 Å². The summed E-state index contributed by atoms with van der Waals surface area (Å²) in [7, 11) is 1.62. The van der Waals surface area contributed by atoms with Crippen LogP contribution in [0.25, 0.3) is 0 Å². The SMILES string of the molecule is COc1c(C)cnc(CC(=O)c2ncc[nH]2)c1C. The average molecular weight is 245 g/mol. The van der Waals surface area contributed by atoms with Crippen LogP contribution in [0.4, 0.5) is 0 Å². The van der Waals surface area contributed by atoms with Gasteiger partial charge in [0, 0.05) is 29.7 Å². The zero-order valence-electron chi connectivity index (χ0n) is 10.7. The molecule has 0 bridgehead atoms. The number of Topliss-reactive ketones (excluding diaryl/α,β-unsaturated/α-hetero) is 1. The minimum absolute atomic E-state index is 0.0819. The first kappa shape index (κ1) is 12.3. The van der Waals surface area contributed by atoms with E-state index >= 15 is 0 Å². The van der Waals surface area contributed by atoms with Crippen molar-refractivity contribution in [2.75, 3.05) is 7.11 Å². The summed E-state index contributed by atoms with van der Waals surface area (Å²) in [5, 5.41) is 0. The standard InChI is InChI=1S/C13H15N3O2/c1-8-7-16-10(9(2)12(8)18-3)6-11(17)13-14-4-5-15-13/h4-5,7H,6H2,1-3H3,(H,14,15). The van der Waals surface area contributed by atoms with E-state index in [-0.39, 0.29) is 12.2 Å². The van der Waals surface area contributed by atoms with Crippen molar-refractivity contribution in [2.24, 2.45) is 0 Å². The van der Waals surface area contributed by atoms with Gasteiger partial charge >= 0.3 is 0 Å². The molecule has 18 heavy (non-hydrogen) atoms. The summed E-state index contributed by atoms with van der Waals surface area (Å²) in [6.45, 7) is 3.83. The maximum atomic E-state index is 11.9. The van der Waals surface area contributed by atoms with Crippen LogP contribution in [-0.2, 0) is 6.42 Å². The summed E-state index contributed by atoms with van der Waals surface area (Å²) >= 11 is 0. The van der Waals surface area contributed by atoms with Gasteiger partial charge in [0.2, 0.25) is 5.78 Å². The monoisotopic (exact) mass is 245 g/mol. The lowest BCUT2D eigenvalue weighted by atomic mass is 10.1. The number of ether oxygens (including phenoxy) is 1. The van der Waals surface area contributed by atoms with Gasteiger partial charge in [-0.25, -0.2) is 4.98 Å². The molecule has 0 aromatic carbocycles. The Labute approximate surface area is 105 Å². The molecule has 1 N–H and O–H groups in total. The number of hydrogen-bond donors (Lipinski definition) is 1. The number of aromatic nitrogens is 3. The van der Waals surface area contributed by atoms with Gasteiger partial charge in [0.25, 0.3) is 0 Å². The van der Waals surface area contributed by atoms with Crippen molar-refractivity contribution in [3.05, 3.63) is 41.2 Å². The molecule has 0 amide bonds. The van der Waals surface area contributed by atoms with Crippen LogP contribution in [0.5, 0.6) is 5.75 Å². The molecule has 0 aliphatic rings. The predicted molar refractivity (Wildman–Crippen MR) is 66.9 cm³/mol. The maximum Gasteiger partial charge on any atom is 0.203 e. The highest BCUT2D eigenvalue weighted by molar-refractivity contribution is 5.94. The van der Waals surface area contributed by atoms with Crippen molar-refractivity contribution < 1.29 is 9.53 Å². The molecular formula is C13H15N3O2. The minimum Gasteiger partial charge on any atom is -0.496 e. The molecule has 0 aliphatic carbocycles. The Balaban J connectivity index is 2.27. The molecule has 2 rings (SSSR count). The second kappa shape index (κ2) is 5.00. The number of H-pyrrole nitrogens is 1. The van der Waals surface area contributed by atoms with E-state index in [4.69, 9.17) is 4.74 Å². The largest absolute Gasteiger partial charge is 0.496 e. The van der Waals surface area contributed by atoms with Crippen molar-refractivity contribution in [3.8, 4) is 5.75 Å². The van der Waals surface area contributed by atoms with Crippen LogP contribution in [0, 0.1) is 13.8 Å². The zero-order chi connectivity index (χ0) is 13.1. The molecule has 0 saturated carbocycles. The third kappa shape index (κ3) is 2.25. The van der Waals surface area contributed by atoms with Gasteiger partial charge in [-0.2, -0.15) is 0 Å². The number of nitrogens with one attached hydrogen (secondary N) is 1. The van der Waals surface area contributed by atoms with Crippen LogP contribution >= 0.6 is 0 Å². The molecule has 0 fully saturated rings. The van der Waals surface area contributed by atoms with E-state index in [0.29, 0.717) is 5.82 Å². The Kier molecular flexibility index (Phi) is 3.41. The molecule has 2 aromatic heterocycles. The smallest absolute Gasteiger partial charge is 0.203 e. The van der Waals surface area contributed by atoms with E-state index in [1.54, 1.807) is 25.7 Å². The van der Waals surface area contributed by atoms with E-state index in [1.165, 1.54) is 0 Å². The second-order valence-electron chi connectivity index (χ2n) is 4.08. The number of hydrogen-bond acceptors (Lipinski definition) is 4.